The first kappa shape index (κ1) is 17.6. The number of fused-ring (bicyclic) bond motifs is 1. The van der Waals surface area contributed by atoms with Crippen LogP contribution in [0.5, 0.6) is 5.75 Å². The van der Waals surface area contributed by atoms with Crippen molar-refractivity contribution in [2.24, 2.45) is 0 Å². The van der Waals surface area contributed by atoms with Gasteiger partial charge in [-0.1, -0.05) is 26.8 Å². The van der Waals surface area contributed by atoms with Crippen LogP contribution in [0.2, 0.25) is 0 Å². The highest BCUT2D eigenvalue weighted by atomic mass is 16.5. The Balaban J connectivity index is 0.000000211. The van der Waals surface area contributed by atoms with Crippen LogP contribution in [0.25, 0.3) is 10.9 Å². The fourth-order valence-electron chi connectivity index (χ4n) is 2.00. The molecule has 22 heavy (non-hydrogen) atoms. The number of hydrogen-bond donors (Lipinski definition) is 3. The molecule has 0 aliphatic rings. The molecule has 0 unspecified atom stereocenters. The second-order valence-electron chi connectivity index (χ2n) is 4.52. The number of nitrogens with one attached hydrogen (secondary N) is 2. The van der Waals surface area contributed by atoms with Crippen LogP contribution < -0.4 is 10.5 Å². The van der Waals surface area contributed by atoms with Crippen LogP contribution in [0.1, 0.15) is 32.2 Å². The Kier molecular flexibility index (Phi) is 7.02. The molecule has 3 aromatic rings. The molecule has 0 saturated carbocycles. The predicted molar refractivity (Wildman–Crippen MR) is 93.3 cm³/mol. The monoisotopic (exact) mass is 302 g/mol. The number of anilines is 1. The lowest BCUT2D eigenvalue weighted by atomic mass is 10.2. The van der Waals surface area contributed by atoms with Gasteiger partial charge in [-0.25, -0.2) is 4.98 Å². The number of hydrogen-bond acceptors (Lipinski definition) is 3. The van der Waals surface area contributed by atoms with Gasteiger partial charge in [0.15, 0.2) is 5.95 Å². The quantitative estimate of drug-likeness (QED) is 0.667. The van der Waals surface area contributed by atoms with E-state index in [0.717, 1.165) is 34.5 Å². The summed E-state index contributed by atoms with van der Waals surface area (Å²) >= 11 is 0. The largest absolute Gasteiger partial charge is 0.496 e. The molecular formula is C17H26N4O. The summed E-state index contributed by atoms with van der Waals surface area (Å²) < 4.78 is 5.22. The minimum atomic E-state index is 0.502. The van der Waals surface area contributed by atoms with Crippen molar-refractivity contribution in [2.45, 2.75) is 34.1 Å². The Bertz CT molecular complexity index is 685. The molecule has 5 heteroatoms. The number of aromatic amines is 2. The standard InChI is InChI=1S/C10H11NO.C5H9N3.C2H6/c1-7-6-8-9(11-7)4-3-5-10(8)12-2;1-2-4-3-7-5(6)8-4;1-2/h3-6,11H,1-2H3;3H,2H2,1H3,(H3,6,7,8);1-2H3. The molecule has 0 radical (unpaired) electrons. The van der Waals surface area contributed by atoms with Crippen molar-refractivity contribution < 1.29 is 4.74 Å². The molecule has 0 spiro atoms. The van der Waals surface area contributed by atoms with E-state index in [0.29, 0.717) is 5.95 Å². The minimum absolute atomic E-state index is 0.502. The minimum Gasteiger partial charge on any atom is -0.496 e. The zero-order valence-corrected chi connectivity index (χ0v) is 14.0. The van der Waals surface area contributed by atoms with Crippen LogP contribution in [-0.2, 0) is 6.42 Å². The first-order chi connectivity index (χ1) is 10.6. The van der Waals surface area contributed by atoms with Gasteiger partial charge >= 0.3 is 0 Å². The molecule has 0 atom stereocenters. The molecule has 0 aliphatic heterocycles. The molecule has 1 aromatic carbocycles. The van der Waals surface area contributed by atoms with Crippen molar-refractivity contribution in [2.75, 3.05) is 12.8 Å². The van der Waals surface area contributed by atoms with Crippen molar-refractivity contribution >= 4 is 16.9 Å². The molecule has 2 aromatic heterocycles. The second-order valence-corrected chi connectivity index (χ2v) is 4.52. The summed E-state index contributed by atoms with van der Waals surface area (Å²) in [5.74, 6) is 1.43. The second kappa shape index (κ2) is 8.77. The fraction of sp³-hybridized carbons (Fsp3) is 0.353. The number of nitrogen functional groups attached to an aromatic ring is 1. The van der Waals surface area contributed by atoms with E-state index in [-0.39, 0.29) is 0 Å². The van der Waals surface area contributed by atoms with Crippen molar-refractivity contribution in [1.82, 2.24) is 15.0 Å². The molecular weight excluding hydrogens is 276 g/mol. The Labute approximate surface area is 131 Å². The third kappa shape index (κ3) is 4.55. The maximum atomic E-state index is 5.29. The van der Waals surface area contributed by atoms with Crippen molar-refractivity contribution in [1.29, 1.82) is 0 Å². The summed E-state index contributed by atoms with van der Waals surface area (Å²) in [5.41, 5.74) is 8.67. The van der Waals surface area contributed by atoms with Crippen LogP contribution in [0, 0.1) is 6.92 Å². The molecule has 0 saturated heterocycles. The van der Waals surface area contributed by atoms with E-state index < -0.39 is 0 Å². The number of benzene rings is 1. The fourth-order valence-corrected chi connectivity index (χ4v) is 2.00. The van der Waals surface area contributed by atoms with Crippen LogP contribution in [0.3, 0.4) is 0 Å². The molecule has 2 heterocycles. The van der Waals surface area contributed by atoms with Crippen LogP contribution >= 0.6 is 0 Å². The number of imidazole rings is 1. The van der Waals surface area contributed by atoms with Gasteiger partial charge in [-0.3, -0.25) is 0 Å². The van der Waals surface area contributed by atoms with Gasteiger partial charge in [0.25, 0.3) is 0 Å². The van der Waals surface area contributed by atoms with Crippen molar-refractivity contribution in [3.05, 3.63) is 41.9 Å². The third-order valence-corrected chi connectivity index (χ3v) is 3.01. The first-order valence-corrected chi connectivity index (χ1v) is 7.55. The third-order valence-electron chi connectivity index (χ3n) is 3.01. The Hall–Kier alpha value is -2.43. The number of aromatic nitrogens is 3. The Morgan fingerprint density at radius 3 is 2.45 bits per heavy atom. The van der Waals surface area contributed by atoms with Gasteiger partial charge in [0, 0.05) is 22.3 Å². The van der Waals surface area contributed by atoms with Gasteiger partial charge in [-0.05, 0) is 31.5 Å². The summed E-state index contributed by atoms with van der Waals surface area (Å²) in [6.45, 7) is 8.09. The molecule has 120 valence electrons. The highest BCUT2D eigenvalue weighted by Gasteiger charge is 2.01. The van der Waals surface area contributed by atoms with E-state index in [4.69, 9.17) is 10.5 Å². The van der Waals surface area contributed by atoms with Gasteiger partial charge < -0.3 is 20.4 Å². The molecule has 0 fully saturated rings. The first-order valence-electron chi connectivity index (χ1n) is 7.55. The number of nitrogens with zero attached hydrogens (tertiary/aromatic N) is 1. The van der Waals surface area contributed by atoms with Crippen LogP contribution in [0.15, 0.2) is 30.5 Å². The highest BCUT2D eigenvalue weighted by Crippen LogP contribution is 2.25. The normalized spacial score (nSPS) is 9.50. The van der Waals surface area contributed by atoms with Crippen molar-refractivity contribution in [3.63, 3.8) is 0 Å². The highest BCUT2D eigenvalue weighted by molar-refractivity contribution is 5.86. The lowest BCUT2D eigenvalue weighted by Crippen LogP contribution is -1.85. The van der Waals surface area contributed by atoms with E-state index >= 15 is 0 Å². The zero-order valence-electron chi connectivity index (χ0n) is 14.0. The number of H-pyrrole nitrogens is 2. The maximum Gasteiger partial charge on any atom is 0.197 e. The average molecular weight is 302 g/mol. The zero-order chi connectivity index (χ0) is 16.5. The van der Waals surface area contributed by atoms with E-state index in [1.54, 1.807) is 13.3 Å². The summed E-state index contributed by atoms with van der Waals surface area (Å²) in [5, 5.41) is 1.15. The summed E-state index contributed by atoms with van der Waals surface area (Å²) in [7, 11) is 1.69. The van der Waals surface area contributed by atoms with Gasteiger partial charge in [-0.2, -0.15) is 0 Å². The van der Waals surface area contributed by atoms with Crippen molar-refractivity contribution in [3.8, 4) is 5.75 Å². The topological polar surface area (TPSA) is 79.7 Å². The van der Waals surface area contributed by atoms with E-state index in [2.05, 4.69) is 21.0 Å². The summed E-state index contributed by atoms with van der Waals surface area (Å²) in [4.78, 5) is 9.96. The molecule has 0 amide bonds. The molecule has 4 N–H and O–H groups in total. The summed E-state index contributed by atoms with van der Waals surface area (Å²) in [6, 6.07) is 8.09. The van der Waals surface area contributed by atoms with Crippen LogP contribution in [-0.4, -0.2) is 22.1 Å². The van der Waals surface area contributed by atoms with E-state index in [9.17, 15) is 0 Å². The van der Waals surface area contributed by atoms with Gasteiger partial charge in [0.1, 0.15) is 5.75 Å². The average Bonchev–Trinajstić information content (AvgIpc) is 3.13. The van der Waals surface area contributed by atoms with Gasteiger partial charge in [0.05, 0.1) is 13.3 Å². The predicted octanol–water partition coefficient (Wildman–Crippen LogP) is 4.07. The molecule has 0 bridgehead atoms. The lowest BCUT2D eigenvalue weighted by Gasteiger charge is -1.99. The van der Waals surface area contributed by atoms with E-state index in [1.165, 1.54) is 0 Å². The number of methoxy groups -OCH3 is 1. The van der Waals surface area contributed by atoms with Crippen LogP contribution in [0.4, 0.5) is 5.95 Å². The Morgan fingerprint density at radius 1 is 1.23 bits per heavy atom. The number of ether oxygens (including phenoxy) is 1. The van der Waals surface area contributed by atoms with E-state index in [1.807, 2.05) is 45.9 Å². The number of rotatable bonds is 2. The molecule has 0 aliphatic carbocycles. The smallest absolute Gasteiger partial charge is 0.197 e. The Morgan fingerprint density at radius 2 is 1.95 bits per heavy atom. The number of aryl methyl sites for hydroxylation is 2. The number of nitrogens with two attached hydrogens (primary N) is 1. The lowest BCUT2D eigenvalue weighted by molar-refractivity contribution is 0.420. The van der Waals surface area contributed by atoms with Gasteiger partial charge in [-0.15, -0.1) is 0 Å². The molecule has 5 nitrogen and oxygen atoms in total. The SMILES string of the molecule is CC.CCc1cnc(N)[nH]1.COc1cccc2[nH]c(C)cc12. The summed E-state index contributed by atoms with van der Waals surface area (Å²) in [6.07, 6.45) is 2.71. The maximum absolute atomic E-state index is 5.29. The molecule has 3 rings (SSSR count). The van der Waals surface area contributed by atoms with Gasteiger partial charge in [0.2, 0.25) is 0 Å².